The van der Waals surface area contributed by atoms with Gasteiger partial charge < -0.3 is 14.3 Å². The van der Waals surface area contributed by atoms with Gasteiger partial charge in [0.1, 0.15) is 12.6 Å². The second-order valence-electron chi connectivity index (χ2n) is 5.66. The predicted molar refractivity (Wildman–Crippen MR) is 74.6 cm³/mol. The molecule has 0 aliphatic rings. The number of phosphoric acid groups is 1. The van der Waals surface area contributed by atoms with Crippen LogP contribution < -0.4 is 0 Å². The number of rotatable bonds is 6. The monoisotopic (exact) mass is 288 g/mol. The zero-order valence-corrected chi connectivity index (χ0v) is 12.8. The molecular weight excluding hydrogens is 265 g/mol. The highest BCUT2D eigenvalue weighted by Gasteiger charge is 2.28. The topological polar surface area (TPSA) is 66.8 Å². The molecule has 2 N–H and O–H groups in total. The summed E-state index contributed by atoms with van der Waals surface area (Å²) in [5.41, 5.74) is 1.92. The van der Waals surface area contributed by atoms with Gasteiger partial charge in [-0.05, 0) is 17.5 Å². The fraction of sp³-hybridized carbons (Fsp3) is 0.538. The molecule has 1 unspecified atom stereocenters. The normalized spacial score (nSPS) is 14.4. The van der Waals surface area contributed by atoms with Gasteiger partial charge in [0.05, 0.1) is 21.1 Å². The highest BCUT2D eigenvalue weighted by molar-refractivity contribution is 7.46. The summed E-state index contributed by atoms with van der Waals surface area (Å²) in [7, 11) is 1.37. The minimum absolute atomic E-state index is 0.484. The van der Waals surface area contributed by atoms with Gasteiger partial charge in [-0.1, -0.05) is 31.2 Å². The van der Waals surface area contributed by atoms with Crippen molar-refractivity contribution in [3.63, 3.8) is 0 Å². The number of aryl methyl sites for hydroxylation is 1. The molecular formula is C13H23NO4P+. The van der Waals surface area contributed by atoms with Crippen LogP contribution in [0.4, 0.5) is 0 Å². The third-order valence-electron chi connectivity index (χ3n) is 2.71. The van der Waals surface area contributed by atoms with Crippen molar-refractivity contribution in [2.45, 2.75) is 19.4 Å². The van der Waals surface area contributed by atoms with Crippen LogP contribution in [0.15, 0.2) is 24.3 Å². The SMILES string of the molecule is CCc1cccc(C(C[N+](C)(C)C)OP(=O)(O)O)c1. The number of phosphoric ester groups is 1. The van der Waals surface area contributed by atoms with Crippen LogP contribution in [0.1, 0.15) is 24.2 Å². The zero-order valence-electron chi connectivity index (χ0n) is 11.9. The third-order valence-corrected chi connectivity index (χ3v) is 3.24. The van der Waals surface area contributed by atoms with Gasteiger partial charge in [0.2, 0.25) is 0 Å². The first kappa shape index (κ1) is 16.3. The fourth-order valence-electron chi connectivity index (χ4n) is 1.88. The number of quaternary nitrogens is 1. The summed E-state index contributed by atoms with van der Waals surface area (Å²) >= 11 is 0. The van der Waals surface area contributed by atoms with Gasteiger partial charge in [-0.25, -0.2) is 4.57 Å². The summed E-state index contributed by atoms with van der Waals surface area (Å²) in [5, 5.41) is 0. The van der Waals surface area contributed by atoms with Gasteiger partial charge in [-0.2, -0.15) is 0 Å². The van der Waals surface area contributed by atoms with E-state index in [0.717, 1.165) is 17.5 Å². The smallest absolute Gasteiger partial charge is 0.328 e. The fourth-order valence-corrected chi connectivity index (χ4v) is 2.40. The van der Waals surface area contributed by atoms with E-state index in [1.54, 1.807) is 0 Å². The Kier molecular flexibility index (Phi) is 5.30. The average Bonchev–Trinajstić information content (AvgIpc) is 2.24. The first-order chi connectivity index (χ1) is 8.61. The molecule has 0 fully saturated rings. The van der Waals surface area contributed by atoms with Crippen LogP contribution in [-0.2, 0) is 15.5 Å². The minimum Gasteiger partial charge on any atom is -0.328 e. The molecule has 1 rings (SSSR count). The first-order valence-corrected chi connectivity index (χ1v) is 7.77. The molecule has 1 aromatic rings. The van der Waals surface area contributed by atoms with Crippen molar-refractivity contribution >= 4 is 7.82 Å². The van der Waals surface area contributed by atoms with Crippen LogP contribution in [0.25, 0.3) is 0 Å². The maximum atomic E-state index is 11.1. The summed E-state index contributed by atoms with van der Waals surface area (Å²) in [6.45, 7) is 2.52. The van der Waals surface area contributed by atoms with Gasteiger partial charge in [0, 0.05) is 0 Å². The summed E-state index contributed by atoms with van der Waals surface area (Å²) in [6.07, 6.45) is 0.258. The Morgan fingerprint density at radius 1 is 1.32 bits per heavy atom. The molecule has 0 aromatic heterocycles. The highest BCUT2D eigenvalue weighted by Crippen LogP contribution is 2.42. The second kappa shape index (κ2) is 6.16. The molecule has 0 heterocycles. The van der Waals surface area contributed by atoms with Crippen LogP contribution in [0.5, 0.6) is 0 Å². The third kappa shape index (κ3) is 6.32. The standard InChI is InChI=1S/C13H22NO4P/c1-5-11-7-6-8-12(9-11)13(10-14(2,3)4)18-19(15,16)17/h6-9,13H,5,10H2,1-4H3,(H-,15,16,17)/p+1. The van der Waals surface area contributed by atoms with E-state index in [0.29, 0.717) is 11.0 Å². The van der Waals surface area contributed by atoms with Crippen LogP contribution in [-0.4, -0.2) is 42.0 Å². The van der Waals surface area contributed by atoms with Crippen LogP contribution in [0.3, 0.4) is 0 Å². The van der Waals surface area contributed by atoms with Gasteiger partial charge in [-0.3, -0.25) is 4.52 Å². The molecule has 6 heteroatoms. The maximum Gasteiger partial charge on any atom is 0.470 e. The first-order valence-electron chi connectivity index (χ1n) is 6.24. The largest absolute Gasteiger partial charge is 0.470 e. The molecule has 0 aliphatic heterocycles. The molecule has 108 valence electrons. The summed E-state index contributed by atoms with van der Waals surface area (Å²) < 4.78 is 16.6. The number of benzene rings is 1. The Bertz CT molecular complexity index is 464. The Morgan fingerprint density at radius 3 is 2.42 bits per heavy atom. The van der Waals surface area contributed by atoms with E-state index in [-0.39, 0.29) is 0 Å². The molecule has 19 heavy (non-hydrogen) atoms. The van der Waals surface area contributed by atoms with Crippen LogP contribution >= 0.6 is 7.82 Å². The van der Waals surface area contributed by atoms with E-state index >= 15 is 0 Å². The van der Waals surface area contributed by atoms with E-state index in [4.69, 9.17) is 14.3 Å². The van der Waals surface area contributed by atoms with Crippen molar-refractivity contribution in [2.24, 2.45) is 0 Å². The Balaban J connectivity index is 3.04. The van der Waals surface area contributed by atoms with Crippen LogP contribution in [0, 0.1) is 0 Å². The molecule has 0 aliphatic carbocycles. The molecule has 5 nitrogen and oxygen atoms in total. The Labute approximate surface area is 114 Å². The molecule has 1 atom stereocenters. The summed E-state index contributed by atoms with van der Waals surface area (Å²) in [6, 6.07) is 7.66. The number of hydrogen-bond donors (Lipinski definition) is 2. The number of hydrogen-bond acceptors (Lipinski definition) is 2. The van der Waals surface area contributed by atoms with Gasteiger partial charge in [-0.15, -0.1) is 0 Å². The van der Waals surface area contributed by atoms with Crippen molar-refractivity contribution in [1.29, 1.82) is 0 Å². The molecule has 0 spiro atoms. The average molecular weight is 288 g/mol. The predicted octanol–water partition coefficient (Wildman–Crippen LogP) is 2.11. The molecule has 0 bridgehead atoms. The van der Waals surface area contributed by atoms with Crippen molar-refractivity contribution in [3.05, 3.63) is 35.4 Å². The zero-order chi connectivity index (χ0) is 14.7. The summed E-state index contributed by atoms with van der Waals surface area (Å²) in [4.78, 5) is 18.1. The molecule has 1 aromatic carbocycles. The highest BCUT2D eigenvalue weighted by atomic mass is 31.2. The lowest BCUT2D eigenvalue weighted by Crippen LogP contribution is -2.38. The number of likely N-dealkylation sites (N-methyl/N-ethyl adjacent to an activating group) is 1. The molecule has 0 amide bonds. The van der Waals surface area contributed by atoms with E-state index < -0.39 is 13.9 Å². The lowest BCUT2D eigenvalue weighted by atomic mass is 10.0. The van der Waals surface area contributed by atoms with Gasteiger partial charge in [0.25, 0.3) is 0 Å². The van der Waals surface area contributed by atoms with Crippen LogP contribution in [0.2, 0.25) is 0 Å². The lowest BCUT2D eigenvalue weighted by Gasteiger charge is -2.29. The molecule has 0 saturated carbocycles. The van der Waals surface area contributed by atoms with Crippen molar-refractivity contribution in [1.82, 2.24) is 0 Å². The second-order valence-corrected chi connectivity index (χ2v) is 6.85. The lowest BCUT2D eigenvalue weighted by molar-refractivity contribution is -0.874. The quantitative estimate of drug-likeness (QED) is 0.621. The molecule has 0 saturated heterocycles. The van der Waals surface area contributed by atoms with Gasteiger partial charge in [0.15, 0.2) is 0 Å². The maximum absolute atomic E-state index is 11.1. The van der Waals surface area contributed by atoms with Crippen molar-refractivity contribution in [3.8, 4) is 0 Å². The molecule has 0 radical (unpaired) electrons. The number of nitrogens with zero attached hydrogens (tertiary/aromatic N) is 1. The van der Waals surface area contributed by atoms with E-state index in [9.17, 15) is 4.57 Å². The van der Waals surface area contributed by atoms with Crippen molar-refractivity contribution in [2.75, 3.05) is 27.7 Å². The van der Waals surface area contributed by atoms with E-state index in [1.165, 1.54) is 0 Å². The summed E-state index contributed by atoms with van der Waals surface area (Å²) in [5.74, 6) is 0. The van der Waals surface area contributed by atoms with Crippen molar-refractivity contribution < 1.29 is 23.4 Å². The van der Waals surface area contributed by atoms with E-state index in [2.05, 4.69) is 0 Å². The van der Waals surface area contributed by atoms with Gasteiger partial charge >= 0.3 is 7.82 Å². The minimum atomic E-state index is -4.51. The Morgan fingerprint density at radius 2 is 1.95 bits per heavy atom. The Hall–Kier alpha value is -0.710. The van der Waals surface area contributed by atoms with E-state index in [1.807, 2.05) is 52.3 Å².